The number of aromatic nitrogens is 1. The minimum absolute atomic E-state index is 0.107. The second kappa shape index (κ2) is 8.75. The third kappa shape index (κ3) is 4.57. The summed E-state index contributed by atoms with van der Waals surface area (Å²) in [6, 6.07) is 19.2. The number of hydrogen-bond acceptors (Lipinski definition) is 3. The van der Waals surface area contributed by atoms with Crippen LogP contribution < -0.4 is 0 Å². The van der Waals surface area contributed by atoms with Crippen LogP contribution in [0.1, 0.15) is 28.0 Å². The lowest BCUT2D eigenvalue weighted by atomic mass is 9.95. The lowest BCUT2D eigenvalue weighted by Gasteiger charge is -2.12. The number of carbonyl (C=O) groups excluding carboxylic acids is 1. The number of ether oxygens (including phenoxy) is 1. The Morgan fingerprint density at radius 1 is 1.08 bits per heavy atom. The Balaban J connectivity index is 1.81. The predicted molar refractivity (Wildman–Crippen MR) is 104 cm³/mol. The van der Waals surface area contributed by atoms with Crippen LogP contribution in [0.5, 0.6) is 0 Å². The van der Waals surface area contributed by atoms with E-state index in [2.05, 4.69) is 4.98 Å². The molecule has 0 aliphatic heterocycles. The highest BCUT2D eigenvalue weighted by Gasteiger charge is 2.12. The van der Waals surface area contributed by atoms with Crippen molar-refractivity contribution < 1.29 is 9.53 Å². The first-order valence-corrected chi connectivity index (χ1v) is 8.86. The first kappa shape index (κ1) is 18.3. The number of Topliss-reactive ketones (excluding diaryl/α,β-unsaturated/α-hetero) is 1. The van der Waals surface area contributed by atoms with E-state index in [0.29, 0.717) is 30.0 Å². The lowest BCUT2D eigenvalue weighted by Crippen LogP contribution is -2.04. The number of hydrogen-bond donors (Lipinski definition) is 0. The monoisotopic (exact) mass is 365 g/mol. The molecule has 1 aromatic heterocycles. The van der Waals surface area contributed by atoms with E-state index >= 15 is 0 Å². The molecule has 4 heteroatoms. The average molecular weight is 366 g/mol. The molecule has 3 aromatic rings. The zero-order valence-electron chi connectivity index (χ0n) is 14.6. The van der Waals surface area contributed by atoms with Crippen molar-refractivity contribution in [3.8, 4) is 11.1 Å². The van der Waals surface area contributed by atoms with E-state index in [-0.39, 0.29) is 5.78 Å². The van der Waals surface area contributed by atoms with E-state index in [4.69, 9.17) is 16.3 Å². The molecule has 0 amide bonds. The van der Waals surface area contributed by atoms with Gasteiger partial charge in [0.25, 0.3) is 0 Å². The van der Waals surface area contributed by atoms with Crippen LogP contribution in [-0.2, 0) is 17.8 Å². The van der Waals surface area contributed by atoms with Crippen molar-refractivity contribution in [1.29, 1.82) is 0 Å². The van der Waals surface area contributed by atoms with Crippen LogP contribution in [0.15, 0.2) is 66.9 Å². The van der Waals surface area contributed by atoms with Gasteiger partial charge < -0.3 is 4.74 Å². The van der Waals surface area contributed by atoms with Gasteiger partial charge in [-0.15, -0.1) is 0 Å². The molecule has 0 aliphatic rings. The van der Waals surface area contributed by atoms with Crippen LogP contribution in [0.25, 0.3) is 11.1 Å². The zero-order valence-corrected chi connectivity index (χ0v) is 15.4. The maximum atomic E-state index is 12.6. The topological polar surface area (TPSA) is 39.2 Å². The largest absolute Gasteiger partial charge is 0.380 e. The number of carbonyl (C=O) groups is 1. The van der Waals surface area contributed by atoms with Gasteiger partial charge >= 0.3 is 0 Å². The smallest absolute Gasteiger partial charge is 0.163 e. The van der Waals surface area contributed by atoms with Crippen LogP contribution in [-0.4, -0.2) is 17.9 Å². The van der Waals surface area contributed by atoms with E-state index in [1.165, 1.54) is 0 Å². The van der Waals surface area contributed by atoms with Crippen molar-refractivity contribution in [3.63, 3.8) is 0 Å². The maximum absolute atomic E-state index is 12.6. The van der Waals surface area contributed by atoms with Gasteiger partial charge in [0, 0.05) is 36.0 Å². The second-order valence-electron chi connectivity index (χ2n) is 6.06. The lowest BCUT2D eigenvalue weighted by molar-refractivity contribution is 0.0982. The summed E-state index contributed by atoms with van der Waals surface area (Å²) in [5, 5.41) is 0.698. The van der Waals surface area contributed by atoms with Gasteiger partial charge in [0.2, 0.25) is 0 Å². The number of aryl methyl sites for hydroxylation is 1. The fourth-order valence-corrected chi connectivity index (χ4v) is 3.01. The Morgan fingerprint density at radius 2 is 1.88 bits per heavy atom. The van der Waals surface area contributed by atoms with Crippen molar-refractivity contribution in [2.75, 3.05) is 7.11 Å². The Hall–Kier alpha value is -2.49. The third-order valence-corrected chi connectivity index (χ3v) is 4.47. The van der Waals surface area contributed by atoms with Gasteiger partial charge in [0.15, 0.2) is 5.78 Å². The summed E-state index contributed by atoms with van der Waals surface area (Å²) in [6.45, 7) is 0.444. The molecule has 0 spiro atoms. The van der Waals surface area contributed by atoms with E-state index in [1.54, 1.807) is 13.3 Å². The highest BCUT2D eigenvalue weighted by atomic mass is 35.5. The van der Waals surface area contributed by atoms with Gasteiger partial charge in [-0.1, -0.05) is 41.9 Å². The summed E-state index contributed by atoms with van der Waals surface area (Å²) in [7, 11) is 1.65. The fourth-order valence-electron chi connectivity index (χ4n) is 2.89. The molecule has 3 nitrogen and oxygen atoms in total. The molecule has 0 radical (unpaired) electrons. The summed E-state index contributed by atoms with van der Waals surface area (Å²) < 4.78 is 5.33. The molecule has 0 aliphatic carbocycles. The van der Waals surface area contributed by atoms with Gasteiger partial charge in [-0.3, -0.25) is 9.78 Å². The van der Waals surface area contributed by atoms with Gasteiger partial charge in [-0.2, -0.15) is 0 Å². The molecule has 0 atom stereocenters. The van der Waals surface area contributed by atoms with E-state index in [1.807, 2.05) is 60.7 Å². The molecule has 0 fully saturated rings. The quantitative estimate of drug-likeness (QED) is 0.529. The molecule has 3 rings (SSSR count). The maximum Gasteiger partial charge on any atom is 0.163 e. The summed E-state index contributed by atoms with van der Waals surface area (Å²) in [5.41, 5.74) is 4.71. The minimum Gasteiger partial charge on any atom is -0.380 e. The normalized spacial score (nSPS) is 10.7. The molecule has 0 saturated carbocycles. The number of pyridine rings is 1. The number of rotatable bonds is 7. The molecule has 1 heterocycles. The van der Waals surface area contributed by atoms with Crippen molar-refractivity contribution in [2.24, 2.45) is 0 Å². The van der Waals surface area contributed by atoms with Crippen molar-refractivity contribution in [1.82, 2.24) is 4.98 Å². The molecule has 0 bridgehead atoms. The standard InChI is InChI=1S/C22H20ClNO2/c1-26-15-18-14-17(22(25)12-10-20-4-2-3-13-24-20)7-11-21(18)16-5-8-19(23)9-6-16/h2-9,11,13-14H,10,12,15H2,1H3. The Kier molecular flexibility index (Phi) is 6.16. The van der Waals surface area contributed by atoms with Gasteiger partial charge in [-0.25, -0.2) is 0 Å². The molecular formula is C22H20ClNO2. The van der Waals surface area contributed by atoms with Crippen LogP contribution >= 0.6 is 11.6 Å². The average Bonchev–Trinajstić information content (AvgIpc) is 2.68. The van der Waals surface area contributed by atoms with Crippen LogP contribution in [0.3, 0.4) is 0 Å². The third-order valence-electron chi connectivity index (χ3n) is 4.22. The first-order valence-electron chi connectivity index (χ1n) is 8.48. The summed E-state index contributed by atoms with van der Waals surface area (Å²) in [5.74, 6) is 0.107. The molecule has 0 N–H and O–H groups in total. The van der Waals surface area contributed by atoms with Gasteiger partial charge in [0.05, 0.1) is 6.61 Å². The minimum atomic E-state index is 0.107. The van der Waals surface area contributed by atoms with Gasteiger partial charge in [-0.05, 0) is 53.4 Å². The molecule has 0 unspecified atom stereocenters. The number of ketones is 1. The van der Waals surface area contributed by atoms with E-state index in [9.17, 15) is 4.79 Å². The molecule has 2 aromatic carbocycles. The summed E-state index contributed by atoms with van der Waals surface area (Å²) >= 11 is 5.98. The predicted octanol–water partition coefficient (Wildman–Crippen LogP) is 5.36. The van der Waals surface area contributed by atoms with Crippen LogP contribution in [0.4, 0.5) is 0 Å². The second-order valence-corrected chi connectivity index (χ2v) is 6.49. The molecular weight excluding hydrogens is 346 g/mol. The number of nitrogens with zero attached hydrogens (tertiary/aromatic N) is 1. The number of halogens is 1. The molecule has 26 heavy (non-hydrogen) atoms. The summed E-state index contributed by atoms with van der Waals surface area (Å²) in [4.78, 5) is 16.9. The zero-order chi connectivity index (χ0) is 18.4. The van der Waals surface area contributed by atoms with Crippen LogP contribution in [0, 0.1) is 0 Å². The van der Waals surface area contributed by atoms with E-state index < -0.39 is 0 Å². The number of methoxy groups -OCH3 is 1. The number of benzene rings is 2. The van der Waals surface area contributed by atoms with Crippen LogP contribution in [0.2, 0.25) is 5.02 Å². The summed E-state index contributed by atoms with van der Waals surface area (Å²) in [6.07, 6.45) is 2.82. The molecule has 132 valence electrons. The fraction of sp³-hybridized carbons (Fsp3) is 0.182. The molecule has 0 saturated heterocycles. The van der Waals surface area contributed by atoms with Gasteiger partial charge in [0.1, 0.15) is 0 Å². The van der Waals surface area contributed by atoms with Crippen molar-refractivity contribution in [2.45, 2.75) is 19.4 Å². The Bertz CT molecular complexity index is 876. The van der Waals surface area contributed by atoms with Crippen molar-refractivity contribution in [3.05, 3.63) is 88.7 Å². The Morgan fingerprint density at radius 3 is 2.58 bits per heavy atom. The highest BCUT2D eigenvalue weighted by Crippen LogP contribution is 2.27. The first-order chi connectivity index (χ1) is 12.7. The Labute approximate surface area is 158 Å². The van der Waals surface area contributed by atoms with Crippen molar-refractivity contribution >= 4 is 17.4 Å². The SMILES string of the molecule is COCc1cc(C(=O)CCc2ccccn2)ccc1-c1ccc(Cl)cc1. The highest BCUT2D eigenvalue weighted by molar-refractivity contribution is 6.30. The van der Waals surface area contributed by atoms with E-state index in [0.717, 1.165) is 22.4 Å².